The standard InChI is InChI=1S/C13H11BrCl2O3/c1-2-18-13(17)11(12(15)16)9-6-19-10-4-3-7(14)5-8(9)10/h3-6,11-12H,2H2,1H3. The van der Waals surface area contributed by atoms with Gasteiger partial charge in [0.15, 0.2) is 0 Å². The van der Waals surface area contributed by atoms with E-state index in [1.54, 1.807) is 6.92 Å². The zero-order valence-corrected chi connectivity index (χ0v) is 13.1. The largest absolute Gasteiger partial charge is 0.465 e. The number of esters is 1. The van der Waals surface area contributed by atoms with Gasteiger partial charge in [0.1, 0.15) is 16.3 Å². The van der Waals surface area contributed by atoms with Crippen molar-refractivity contribution in [3.63, 3.8) is 0 Å². The lowest BCUT2D eigenvalue weighted by atomic mass is 10.0. The maximum Gasteiger partial charge on any atom is 0.316 e. The number of carbonyl (C=O) groups excluding carboxylic acids is 1. The van der Waals surface area contributed by atoms with Gasteiger partial charge >= 0.3 is 5.97 Å². The summed E-state index contributed by atoms with van der Waals surface area (Å²) in [5.74, 6) is -1.22. The Balaban J connectivity index is 2.50. The van der Waals surface area contributed by atoms with Gasteiger partial charge in [-0.1, -0.05) is 15.9 Å². The van der Waals surface area contributed by atoms with Crippen LogP contribution in [0.5, 0.6) is 0 Å². The number of hydrogen-bond donors (Lipinski definition) is 0. The molecule has 1 heterocycles. The first-order valence-electron chi connectivity index (χ1n) is 5.66. The van der Waals surface area contributed by atoms with Crippen LogP contribution in [-0.2, 0) is 9.53 Å². The Hall–Kier alpha value is -0.710. The molecule has 6 heteroatoms. The molecule has 1 aromatic heterocycles. The first-order chi connectivity index (χ1) is 9.04. The molecule has 0 aliphatic rings. The van der Waals surface area contributed by atoms with Crippen LogP contribution in [0.25, 0.3) is 11.0 Å². The fourth-order valence-electron chi connectivity index (χ4n) is 1.86. The Morgan fingerprint density at radius 2 is 2.21 bits per heavy atom. The second-order valence-corrected chi connectivity index (χ2v) is 5.98. The molecular formula is C13H11BrCl2O3. The van der Waals surface area contributed by atoms with Gasteiger partial charge in [0.2, 0.25) is 0 Å². The summed E-state index contributed by atoms with van der Waals surface area (Å²) in [7, 11) is 0. The lowest BCUT2D eigenvalue weighted by molar-refractivity contribution is -0.144. The Morgan fingerprint density at radius 3 is 2.84 bits per heavy atom. The predicted molar refractivity (Wildman–Crippen MR) is 78.8 cm³/mol. The van der Waals surface area contributed by atoms with Crippen LogP contribution in [0, 0.1) is 0 Å². The summed E-state index contributed by atoms with van der Waals surface area (Å²) in [6.45, 7) is 2.01. The fraction of sp³-hybridized carbons (Fsp3) is 0.308. The van der Waals surface area contributed by atoms with Crippen LogP contribution in [0.4, 0.5) is 0 Å². The van der Waals surface area contributed by atoms with Gasteiger partial charge in [0.05, 0.1) is 12.9 Å². The van der Waals surface area contributed by atoms with Crippen LogP contribution in [0.1, 0.15) is 18.4 Å². The quantitative estimate of drug-likeness (QED) is 0.585. The number of alkyl halides is 2. The summed E-state index contributed by atoms with van der Waals surface area (Å²) in [6, 6.07) is 5.52. The zero-order valence-electron chi connectivity index (χ0n) is 10.0. The first-order valence-corrected chi connectivity index (χ1v) is 7.32. The zero-order chi connectivity index (χ0) is 14.0. The van der Waals surface area contributed by atoms with Gasteiger partial charge < -0.3 is 9.15 Å². The summed E-state index contributed by atoms with van der Waals surface area (Å²) < 4.78 is 11.3. The molecule has 2 rings (SSSR count). The number of benzene rings is 1. The van der Waals surface area contributed by atoms with E-state index in [1.807, 2.05) is 18.2 Å². The Kier molecular flexibility index (Phi) is 4.76. The van der Waals surface area contributed by atoms with Crippen molar-refractivity contribution in [2.24, 2.45) is 0 Å². The van der Waals surface area contributed by atoms with E-state index in [-0.39, 0.29) is 6.61 Å². The molecule has 0 saturated carbocycles. The highest BCUT2D eigenvalue weighted by atomic mass is 79.9. The fourth-order valence-corrected chi connectivity index (χ4v) is 2.70. The van der Waals surface area contributed by atoms with E-state index in [2.05, 4.69) is 15.9 Å². The maximum atomic E-state index is 12.0. The van der Waals surface area contributed by atoms with Crippen LogP contribution in [-0.4, -0.2) is 17.4 Å². The van der Waals surface area contributed by atoms with Gasteiger partial charge in [-0.25, -0.2) is 0 Å². The third kappa shape index (κ3) is 3.07. The number of rotatable bonds is 4. The van der Waals surface area contributed by atoms with Gasteiger partial charge in [0.25, 0.3) is 0 Å². The van der Waals surface area contributed by atoms with Gasteiger partial charge in [0, 0.05) is 15.4 Å². The highest BCUT2D eigenvalue weighted by Crippen LogP contribution is 2.35. The first kappa shape index (κ1) is 14.7. The lowest BCUT2D eigenvalue weighted by Gasteiger charge is -2.15. The highest BCUT2D eigenvalue weighted by molar-refractivity contribution is 9.10. The molecule has 0 spiro atoms. The molecule has 0 aliphatic heterocycles. The molecular weight excluding hydrogens is 355 g/mol. The Labute approximate surface area is 128 Å². The summed E-state index contributed by atoms with van der Waals surface area (Å²) >= 11 is 15.2. The highest BCUT2D eigenvalue weighted by Gasteiger charge is 2.31. The summed E-state index contributed by atoms with van der Waals surface area (Å²) in [5, 5.41) is 0.790. The summed E-state index contributed by atoms with van der Waals surface area (Å²) in [6.07, 6.45) is 1.50. The van der Waals surface area contributed by atoms with E-state index in [4.69, 9.17) is 32.4 Å². The molecule has 0 radical (unpaired) electrons. The van der Waals surface area contributed by atoms with Crippen molar-refractivity contribution in [2.45, 2.75) is 17.7 Å². The Bertz CT molecular complexity index is 595. The predicted octanol–water partition coefficient (Wildman–Crippen LogP) is 4.65. The number of carbonyl (C=O) groups is 1. The minimum atomic E-state index is -0.904. The average molecular weight is 366 g/mol. The van der Waals surface area contributed by atoms with E-state index >= 15 is 0 Å². The van der Waals surface area contributed by atoms with Crippen molar-refractivity contribution in [3.8, 4) is 0 Å². The van der Waals surface area contributed by atoms with E-state index in [9.17, 15) is 4.79 Å². The summed E-state index contributed by atoms with van der Waals surface area (Å²) in [5.41, 5.74) is 1.30. The molecule has 0 N–H and O–H groups in total. The minimum Gasteiger partial charge on any atom is -0.465 e. The molecule has 19 heavy (non-hydrogen) atoms. The maximum absolute atomic E-state index is 12.0. The topological polar surface area (TPSA) is 39.4 Å². The molecule has 1 aromatic carbocycles. The molecule has 0 aliphatic carbocycles. The SMILES string of the molecule is CCOC(=O)C(c1coc2ccc(Br)cc12)C(Cl)Cl. The second-order valence-electron chi connectivity index (χ2n) is 3.90. The van der Waals surface area contributed by atoms with Gasteiger partial charge in [-0.3, -0.25) is 4.79 Å². The molecule has 0 amide bonds. The average Bonchev–Trinajstić information content (AvgIpc) is 2.72. The third-order valence-corrected chi connectivity index (χ3v) is 3.69. The van der Waals surface area contributed by atoms with Crippen LogP contribution in [0.15, 0.2) is 33.4 Å². The number of fused-ring (bicyclic) bond motifs is 1. The van der Waals surface area contributed by atoms with Crippen LogP contribution < -0.4 is 0 Å². The van der Waals surface area contributed by atoms with Crippen LogP contribution >= 0.6 is 39.1 Å². The molecule has 1 unspecified atom stereocenters. The van der Waals surface area contributed by atoms with Crippen molar-refractivity contribution in [3.05, 3.63) is 34.5 Å². The molecule has 2 aromatic rings. The van der Waals surface area contributed by atoms with Gasteiger partial charge in [-0.15, -0.1) is 23.2 Å². The van der Waals surface area contributed by atoms with Crippen LogP contribution in [0.2, 0.25) is 0 Å². The normalized spacial score (nSPS) is 12.9. The third-order valence-electron chi connectivity index (χ3n) is 2.69. The summed E-state index contributed by atoms with van der Waals surface area (Å²) in [4.78, 5) is 11.1. The van der Waals surface area contributed by atoms with Crippen molar-refractivity contribution >= 4 is 56.1 Å². The van der Waals surface area contributed by atoms with Crippen LogP contribution in [0.3, 0.4) is 0 Å². The smallest absolute Gasteiger partial charge is 0.316 e. The molecule has 1 atom stereocenters. The number of furan rings is 1. The lowest BCUT2D eigenvalue weighted by Crippen LogP contribution is -2.21. The van der Waals surface area contributed by atoms with Gasteiger partial charge in [-0.05, 0) is 25.1 Å². The van der Waals surface area contributed by atoms with E-state index in [0.29, 0.717) is 11.1 Å². The monoisotopic (exact) mass is 364 g/mol. The van der Waals surface area contributed by atoms with Crippen molar-refractivity contribution in [1.82, 2.24) is 0 Å². The second kappa shape index (κ2) is 6.16. The van der Waals surface area contributed by atoms with Crippen molar-refractivity contribution in [2.75, 3.05) is 6.61 Å². The molecule has 0 saturated heterocycles. The number of ether oxygens (including phenoxy) is 1. The Morgan fingerprint density at radius 1 is 1.47 bits per heavy atom. The van der Waals surface area contributed by atoms with E-state index in [1.165, 1.54) is 6.26 Å². The molecule has 0 bridgehead atoms. The van der Waals surface area contributed by atoms with E-state index < -0.39 is 16.7 Å². The van der Waals surface area contributed by atoms with E-state index in [0.717, 1.165) is 9.86 Å². The number of halogens is 3. The molecule has 102 valence electrons. The van der Waals surface area contributed by atoms with Crippen molar-refractivity contribution in [1.29, 1.82) is 0 Å². The van der Waals surface area contributed by atoms with Gasteiger partial charge in [-0.2, -0.15) is 0 Å². The molecule has 0 fully saturated rings. The minimum absolute atomic E-state index is 0.273. The number of hydrogen-bond acceptors (Lipinski definition) is 3. The van der Waals surface area contributed by atoms with Crippen molar-refractivity contribution < 1.29 is 13.9 Å². The molecule has 3 nitrogen and oxygen atoms in total.